The average molecular weight is 367 g/mol. The minimum Gasteiger partial charge on any atom is -0.399 e. The first-order chi connectivity index (χ1) is 12.6. The highest BCUT2D eigenvalue weighted by Crippen LogP contribution is 2.37. The van der Waals surface area contributed by atoms with Crippen LogP contribution in [0, 0.1) is 6.92 Å². The van der Waals surface area contributed by atoms with E-state index in [2.05, 4.69) is 11.2 Å². The largest absolute Gasteiger partial charge is 0.494 e. The van der Waals surface area contributed by atoms with Gasteiger partial charge in [-0.05, 0) is 58.1 Å². The number of benzene rings is 1. The zero-order valence-electron chi connectivity index (χ0n) is 16.9. The van der Waals surface area contributed by atoms with Gasteiger partial charge in [0.15, 0.2) is 0 Å². The van der Waals surface area contributed by atoms with Crippen molar-refractivity contribution in [3.8, 4) is 0 Å². The van der Waals surface area contributed by atoms with Gasteiger partial charge in [-0.3, -0.25) is 9.48 Å². The van der Waals surface area contributed by atoms with Crippen LogP contribution in [0.25, 0.3) is 0 Å². The highest BCUT2D eigenvalue weighted by atomic mass is 16.7. The Kier molecular flexibility index (Phi) is 4.02. The van der Waals surface area contributed by atoms with Crippen molar-refractivity contribution in [2.75, 3.05) is 11.4 Å². The van der Waals surface area contributed by atoms with E-state index in [9.17, 15) is 4.79 Å². The maximum Gasteiger partial charge on any atom is 0.494 e. The zero-order chi connectivity index (χ0) is 19.6. The fraction of sp³-hybridized carbons (Fsp3) is 0.500. The van der Waals surface area contributed by atoms with E-state index in [-0.39, 0.29) is 17.1 Å². The van der Waals surface area contributed by atoms with Crippen LogP contribution in [0.15, 0.2) is 24.4 Å². The summed E-state index contributed by atoms with van der Waals surface area (Å²) in [7, 11) is 1.41. The van der Waals surface area contributed by atoms with Crippen molar-refractivity contribution in [2.45, 2.75) is 52.2 Å². The second-order valence-corrected chi connectivity index (χ2v) is 8.48. The summed E-state index contributed by atoms with van der Waals surface area (Å²) in [4.78, 5) is 14.8. The van der Waals surface area contributed by atoms with Gasteiger partial charge in [0.05, 0.1) is 17.4 Å². The minimum atomic E-state index is -0.400. The summed E-state index contributed by atoms with van der Waals surface area (Å²) in [5.74, 6) is 0.00253. The van der Waals surface area contributed by atoms with Gasteiger partial charge < -0.3 is 14.2 Å². The summed E-state index contributed by atoms with van der Waals surface area (Å²) in [5, 5.41) is 4.23. The van der Waals surface area contributed by atoms with Crippen LogP contribution in [-0.4, -0.2) is 40.6 Å². The average Bonchev–Trinajstić information content (AvgIpc) is 3.06. The molecule has 142 valence electrons. The summed E-state index contributed by atoms with van der Waals surface area (Å²) in [6.45, 7) is 10.9. The van der Waals surface area contributed by atoms with Crippen LogP contribution in [0.1, 0.15) is 49.3 Å². The third-order valence-corrected chi connectivity index (χ3v) is 6.10. The molecule has 0 N–H and O–H groups in total. The lowest BCUT2D eigenvalue weighted by atomic mass is 9.78. The summed E-state index contributed by atoms with van der Waals surface area (Å²) in [6.07, 6.45) is 2.60. The fourth-order valence-corrected chi connectivity index (χ4v) is 3.74. The molecule has 6 nitrogen and oxygen atoms in total. The lowest BCUT2D eigenvalue weighted by Gasteiger charge is -2.32. The second kappa shape index (κ2) is 5.94. The molecule has 0 spiro atoms. The van der Waals surface area contributed by atoms with Gasteiger partial charge in [0, 0.05) is 24.8 Å². The smallest absolute Gasteiger partial charge is 0.399 e. The van der Waals surface area contributed by atoms with Crippen molar-refractivity contribution in [1.29, 1.82) is 0 Å². The van der Waals surface area contributed by atoms with Crippen LogP contribution in [0.3, 0.4) is 0 Å². The van der Waals surface area contributed by atoms with E-state index in [4.69, 9.17) is 9.31 Å². The number of hydrogen-bond donors (Lipinski definition) is 0. The molecule has 2 aliphatic rings. The molecule has 1 aromatic carbocycles. The van der Waals surface area contributed by atoms with Gasteiger partial charge in [-0.2, -0.15) is 5.10 Å². The van der Waals surface area contributed by atoms with Crippen LogP contribution < -0.4 is 10.4 Å². The molecule has 1 saturated heterocycles. The summed E-state index contributed by atoms with van der Waals surface area (Å²) < 4.78 is 14.0. The van der Waals surface area contributed by atoms with Gasteiger partial charge in [-0.15, -0.1) is 0 Å². The molecule has 1 amide bonds. The second-order valence-electron chi connectivity index (χ2n) is 8.48. The van der Waals surface area contributed by atoms with E-state index in [1.807, 2.05) is 58.7 Å². The molecular weight excluding hydrogens is 341 g/mol. The first-order valence-corrected chi connectivity index (χ1v) is 9.40. The van der Waals surface area contributed by atoms with Crippen LogP contribution in [0.2, 0.25) is 0 Å². The van der Waals surface area contributed by atoms with Crippen molar-refractivity contribution in [2.24, 2.45) is 7.05 Å². The van der Waals surface area contributed by atoms with E-state index in [0.29, 0.717) is 12.2 Å². The van der Waals surface area contributed by atoms with Crippen molar-refractivity contribution in [1.82, 2.24) is 9.78 Å². The van der Waals surface area contributed by atoms with Gasteiger partial charge in [0.1, 0.15) is 5.69 Å². The molecule has 0 bridgehead atoms. The van der Waals surface area contributed by atoms with E-state index in [1.165, 1.54) is 0 Å². The summed E-state index contributed by atoms with van der Waals surface area (Å²) >= 11 is 0. The summed E-state index contributed by atoms with van der Waals surface area (Å²) in [6, 6.07) is 6.05. The highest BCUT2D eigenvalue weighted by Gasteiger charge is 2.51. The monoisotopic (exact) mass is 367 g/mol. The molecule has 1 aromatic heterocycles. The first kappa shape index (κ1) is 18.3. The Morgan fingerprint density at radius 1 is 1.15 bits per heavy atom. The Hall–Kier alpha value is -2.12. The summed E-state index contributed by atoms with van der Waals surface area (Å²) in [5.41, 5.74) is 3.88. The number of fused-ring (bicyclic) bond motifs is 1. The molecule has 2 aliphatic heterocycles. The maximum atomic E-state index is 13.0. The van der Waals surface area contributed by atoms with Crippen LogP contribution in [0.5, 0.6) is 0 Å². The fourth-order valence-electron chi connectivity index (χ4n) is 3.74. The molecular formula is C20H26BN3O3. The Balaban J connectivity index is 1.62. The molecule has 3 heterocycles. The van der Waals surface area contributed by atoms with E-state index >= 15 is 0 Å². The predicted octanol–water partition coefficient (Wildman–Crippen LogP) is 2.23. The van der Waals surface area contributed by atoms with Crippen LogP contribution in [0.4, 0.5) is 5.69 Å². The maximum absolute atomic E-state index is 13.0. The first-order valence-electron chi connectivity index (χ1n) is 9.40. The Morgan fingerprint density at radius 2 is 1.81 bits per heavy atom. The number of nitrogens with zero attached hydrogens (tertiary/aromatic N) is 3. The highest BCUT2D eigenvalue weighted by molar-refractivity contribution is 6.62. The Bertz CT molecular complexity index is 903. The van der Waals surface area contributed by atoms with Gasteiger partial charge >= 0.3 is 7.12 Å². The third-order valence-electron chi connectivity index (χ3n) is 6.10. The molecule has 0 unspecified atom stereocenters. The normalized spacial score (nSPS) is 20.9. The van der Waals surface area contributed by atoms with Crippen LogP contribution >= 0.6 is 0 Å². The van der Waals surface area contributed by atoms with Crippen molar-refractivity contribution >= 4 is 24.2 Å². The number of aryl methyl sites for hydroxylation is 2. The number of aromatic nitrogens is 2. The Labute approximate surface area is 160 Å². The quantitative estimate of drug-likeness (QED) is 0.764. The molecule has 4 rings (SSSR count). The van der Waals surface area contributed by atoms with Gasteiger partial charge in [-0.25, -0.2) is 0 Å². The molecule has 7 heteroatoms. The van der Waals surface area contributed by atoms with Crippen molar-refractivity contribution < 1.29 is 14.1 Å². The van der Waals surface area contributed by atoms with E-state index in [1.54, 1.807) is 10.9 Å². The van der Waals surface area contributed by atoms with Crippen LogP contribution in [-0.2, 0) is 22.8 Å². The lowest BCUT2D eigenvalue weighted by molar-refractivity contribution is 0.00578. The number of amides is 1. The lowest BCUT2D eigenvalue weighted by Crippen LogP contribution is -2.41. The molecule has 2 aromatic rings. The third kappa shape index (κ3) is 2.80. The number of hydrogen-bond acceptors (Lipinski definition) is 4. The van der Waals surface area contributed by atoms with Crippen molar-refractivity contribution in [3.05, 3.63) is 41.2 Å². The molecule has 0 aliphatic carbocycles. The molecule has 0 saturated carbocycles. The number of anilines is 1. The molecule has 27 heavy (non-hydrogen) atoms. The van der Waals surface area contributed by atoms with Gasteiger partial charge in [-0.1, -0.05) is 12.1 Å². The number of carbonyl (C=O) groups is 1. The topological polar surface area (TPSA) is 56.6 Å². The van der Waals surface area contributed by atoms with Gasteiger partial charge in [0.25, 0.3) is 5.91 Å². The Morgan fingerprint density at radius 3 is 2.44 bits per heavy atom. The number of carbonyl (C=O) groups excluding carboxylic acids is 1. The predicted molar refractivity (Wildman–Crippen MR) is 105 cm³/mol. The van der Waals surface area contributed by atoms with Gasteiger partial charge in [0.2, 0.25) is 0 Å². The standard InChI is InChI=1S/C20H26BN3O3/c1-13-11-15(21-26-19(2,3)20(4,5)27-21)7-8-16(13)24-10-9-14-12-22-23(6)17(14)18(24)25/h7-8,11-12H,9-10H2,1-6H3. The molecule has 0 atom stereocenters. The van der Waals surface area contributed by atoms with Crippen molar-refractivity contribution in [3.63, 3.8) is 0 Å². The van der Waals surface area contributed by atoms with E-state index < -0.39 is 7.12 Å². The molecule has 0 radical (unpaired) electrons. The molecule has 1 fully saturated rings. The van der Waals surface area contributed by atoms with E-state index in [0.717, 1.165) is 28.7 Å². The number of rotatable bonds is 2. The SMILES string of the molecule is Cc1cc(B2OC(C)(C)C(C)(C)O2)ccc1N1CCc2cnn(C)c2C1=O. The zero-order valence-corrected chi connectivity index (χ0v) is 16.9. The minimum absolute atomic E-state index is 0.00253.